The van der Waals surface area contributed by atoms with Crippen LogP contribution >= 0.6 is 0 Å². The van der Waals surface area contributed by atoms with Gasteiger partial charge in [0.2, 0.25) is 0 Å². The standard InChI is InChI=1S/C16H27N3/c1-2-14-5-3-4-10-19(14)15-8-9-16(11-15,12-17)18-13-6-7-13/h13-15,18H,2-11H2,1H3. The molecule has 1 aliphatic heterocycles. The van der Waals surface area contributed by atoms with Crippen molar-refractivity contribution < 1.29 is 0 Å². The van der Waals surface area contributed by atoms with Crippen molar-refractivity contribution in [2.45, 2.75) is 88.4 Å². The van der Waals surface area contributed by atoms with Crippen LogP contribution in [0.3, 0.4) is 0 Å². The van der Waals surface area contributed by atoms with Gasteiger partial charge in [-0.2, -0.15) is 5.26 Å². The topological polar surface area (TPSA) is 39.1 Å². The van der Waals surface area contributed by atoms with E-state index in [0.717, 1.165) is 18.9 Å². The van der Waals surface area contributed by atoms with E-state index in [1.54, 1.807) is 0 Å². The summed E-state index contributed by atoms with van der Waals surface area (Å²) in [5.41, 5.74) is -0.207. The fourth-order valence-electron chi connectivity index (χ4n) is 4.13. The third-order valence-electron chi connectivity index (χ3n) is 5.37. The van der Waals surface area contributed by atoms with Crippen molar-refractivity contribution in [1.29, 1.82) is 5.26 Å². The average Bonchev–Trinajstić information content (AvgIpc) is 3.16. The molecule has 2 aliphatic carbocycles. The van der Waals surface area contributed by atoms with E-state index in [1.807, 2.05) is 0 Å². The third-order valence-corrected chi connectivity index (χ3v) is 5.37. The van der Waals surface area contributed by atoms with E-state index in [9.17, 15) is 5.26 Å². The van der Waals surface area contributed by atoms with Gasteiger partial charge in [-0.15, -0.1) is 0 Å². The van der Waals surface area contributed by atoms with Gasteiger partial charge in [-0.25, -0.2) is 0 Å². The number of nitrogens with one attached hydrogen (secondary N) is 1. The molecular weight excluding hydrogens is 234 g/mol. The largest absolute Gasteiger partial charge is 0.297 e. The molecule has 3 rings (SSSR count). The summed E-state index contributed by atoms with van der Waals surface area (Å²) in [4.78, 5) is 2.73. The van der Waals surface area contributed by atoms with Crippen molar-refractivity contribution >= 4 is 0 Å². The molecule has 1 saturated heterocycles. The Morgan fingerprint density at radius 1 is 1.26 bits per heavy atom. The van der Waals surface area contributed by atoms with Crippen molar-refractivity contribution in [3.05, 3.63) is 0 Å². The molecule has 3 heteroatoms. The molecule has 3 unspecified atom stereocenters. The Labute approximate surface area is 117 Å². The molecule has 0 amide bonds. The van der Waals surface area contributed by atoms with Gasteiger partial charge in [0.05, 0.1) is 6.07 Å². The Bertz CT molecular complexity index is 357. The van der Waals surface area contributed by atoms with Crippen molar-refractivity contribution in [3.63, 3.8) is 0 Å². The van der Waals surface area contributed by atoms with E-state index in [2.05, 4.69) is 23.2 Å². The maximum Gasteiger partial charge on any atom is 0.108 e. The molecule has 2 saturated carbocycles. The minimum absolute atomic E-state index is 0.207. The number of likely N-dealkylation sites (tertiary alicyclic amines) is 1. The Morgan fingerprint density at radius 3 is 2.79 bits per heavy atom. The van der Waals surface area contributed by atoms with E-state index in [-0.39, 0.29) is 5.54 Å². The first-order chi connectivity index (χ1) is 9.26. The molecular formula is C16H27N3. The van der Waals surface area contributed by atoms with Crippen LogP contribution in [0.2, 0.25) is 0 Å². The van der Waals surface area contributed by atoms with Gasteiger partial charge >= 0.3 is 0 Å². The first kappa shape index (κ1) is 13.4. The molecule has 0 aromatic rings. The quantitative estimate of drug-likeness (QED) is 0.846. The molecule has 0 spiro atoms. The SMILES string of the molecule is CCC1CCCCN1C1CCC(C#N)(NC2CC2)C1. The Balaban J connectivity index is 1.64. The van der Waals surface area contributed by atoms with Crippen LogP contribution in [0.5, 0.6) is 0 Å². The summed E-state index contributed by atoms with van der Waals surface area (Å²) in [6.07, 6.45) is 11.2. The molecule has 0 aromatic carbocycles. The smallest absolute Gasteiger partial charge is 0.108 e. The first-order valence-electron chi connectivity index (χ1n) is 8.21. The average molecular weight is 261 g/mol. The number of hydrogen-bond donors (Lipinski definition) is 1. The minimum Gasteiger partial charge on any atom is -0.297 e. The number of piperidine rings is 1. The van der Waals surface area contributed by atoms with Gasteiger partial charge in [0.15, 0.2) is 0 Å². The van der Waals surface area contributed by atoms with Gasteiger partial charge in [0.25, 0.3) is 0 Å². The zero-order valence-electron chi connectivity index (χ0n) is 12.2. The Morgan fingerprint density at radius 2 is 2.11 bits per heavy atom. The van der Waals surface area contributed by atoms with Crippen LogP contribution < -0.4 is 5.32 Å². The molecule has 19 heavy (non-hydrogen) atoms. The highest BCUT2D eigenvalue weighted by molar-refractivity contribution is 5.15. The van der Waals surface area contributed by atoms with Gasteiger partial charge < -0.3 is 0 Å². The lowest BCUT2D eigenvalue weighted by Crippen LogP contribution is -2.48. The van der Waals surface area contributed by atoms with Crippen molar-refractivity contribution in [1.82, 2.24) is 10.2 Å². The maximum absolute atomic E-state index is 9.60. The normalized spacial score (nSPS) is 40.2. The monoisotopic (exact) mass is 261 g/mol. The molecule has 3 nitrogen and oxygen atoms in total. The van der Waals surface area contributed by atoms with Gasteiger partial charge in [0, 0.05) is 18.1 Å². The van der Waals surface area contributed by atoms with E-state index in [4.69, 9.17) is 0 Å². The van der Waals surface area contributed by atoms with Crippen molar-refractivity contribution in [2.24, 2.45) is 0 Å². The van der Waals surface area contributed by atoms with Crippen LogP contribution in [0.25, 0.3) is 0 Å². The molecule has 0 radical (unpaired) electrons. The van der Waals surface area contributed by atoms with E-state index < -0.39 is 0 Å². The Hall–Kier alpha value is -0.590. The van der Waals surface area contributed by atoms with E-state index in [0.29, 0.717) is 12.1 Å². The predicted molar refractivity (Wildman–Crippen MR) is 76.8 cm³/mol. The summed E-state index contributed by atoms with van der Waals surface area (Å²) < 4.78 is 0. The second kappa shape index (κ2) is 5.42. The second-order valence-electron chi connectivity index (χ2n) is 6.80. The molecule has 1 heterocycles. The van der Waals surface area contributed by atoms with Gasteiger partial charge in [-0.1, -0.05) is 13.3 Å². The molecule has 0 aromatic heterocycles. The van der Waals surface area contributed by atoms with Gasteiger partial charge in [-0.05, 0) is 57.9 Å². The summed E-state index contributed by atoms with van der Waals surface area (Å²) >= 11 is 0. The second-order valence-corrected chi connectivity index (χ2v) is 6.80. The lowest BCUT2D eigenvalue weighted by molar-refractivity contribution is 0.0912. The maximum atomic E-state index is 9.60. The van der Waals surface area contributed by atoms with E-state index in [1.165, 1.54) is 51.5 Å². The summed E-state index contributed by atoms with van der Waals surface area (Å²) in [6.45, 7) is 3.58. The van der Waals surface area contributed by atoms with Crippen LogP contribution in [0.4, 0.5) is 0 Å². The van der Waals surface area contributed by atoms with E-state index >= 15 is 0 Å². The lowest BCUT2D eigenvalue weighted by Gasteiger charge is -2.40. The first-order valence-corrected chi connectivity index (χ1v) is 8.21. The molecule has 3 aliphatic rings. The molecule has 0 bridgehead atoms. The molecule has 1 N–H and O–H groups in total. The highest BCUT2D eigenvalue weighted by Crippen LogP contribution is 2.38. The summed E-state index contributed by atoms with van der Waals surface area (Å²) in [5, 5.41) is 13.2. The molecule has 3 fully saturated rings. The summed E-state index contributed by atoms with van der Waals surface area (Å²) in [7, 11) is 0. The third kappa shape index (κ3) is 2.80. The highest BCUT2D eigenvalue weighted by atomic mass is 15.2. The number of nitrogens with zero attached hydrogens (tertiary/aromatic N) is 2. The van der Waals surface area contributed by atoms with Gasteiger partial charge in [0.1, 0.15) is 5.54 Å². The fraction of sp³-hybridized carbons (Fsp3) is 0.938. The number of hydrogen-bond acceptors (Lipinski definition) is 3. The zero-order valence-corrected chi connectivity index (χ0v) is 12.2. The van der Waals surface area contributed by atoms with Crippen LogP contribution in [0, 0.1) is 11.3 Å². The number of nitriles is 1. The van der Waals surface area contributed by atoms with Crippen molar-refractivity contribution in [2.75, 3.05) is 6.54 Å². The highest BCUT2D eigenvalue weighted by Gasteiger charge is 2.45. The fourth-order valence-corrected chi connectivity index (χ4v) is 4.13. The van der Waals surface area contributed by atoms with Gasteiger partial charge in [-0.3, -0.25) is 10.2 Å². The summed E-state index contributed by atoms with van der Waals surface area (Å²) in [6, 6.07) is 4.67. The van der Waals surface area contributed by atoms with Crippen LogP contribution in [-0.4, -0.2) is 35.1 Å². The van der Waals surface area contributed by atoms with Crippen molar-refractivity contribution in [3.8, 4) is 6.07 Å². The number of rotatable bonds is 4. The molecule has 106 valence electrons. The van der Waals surface area contributed by atoms with Crippen LogP contribution in [-0.2, 0) is 0 Å². The van der Waals surface area contributed by atoms with Crippen LogP contribution in [0.15, 0.2) is 0 Å². The van der Waals surface area contributed by atoms with Crippen LogP contribution in [0.1, 0.15) is 64.7 Å². The summed E-state index contributed by atoms with van der Waals surface area (Å²) in [5.74, 6) is 0. The predicted octanol–water partition coefficient (Wildman–Crippen LogP) is 2.82. The molecule has 3 atom stereocenters. The Kier molecular flexibility index (Phi) is 3.82. The lowest BCUT2D eigenvalue weighted by atomic mass is 9.95. The zero-order chi connectivity index (χ0) is 13.3. The minimum atomic E-state index is -0.207.